The fraction of sp³-hybridized carbons (Fsp3) is 0.136. The molecule has 0 aliphatic heterocycles. The van der Waals surface area contributed by atoms with Crippen molar-refractivity contribution < 1.29 is 26.4 Å². The quantitative estimate of drug-likeness (QED) is 0.572. The first-order valence-corrected chi connectivity index (χ1v) is 10.8. The third-order valence-corrected chi connectivity index (χ3v) is 6.39. The summed E-state index contributed by atoms with van der Waals surface area (Å²) < 4.78 is 68.2. The molecule has 0 heterocycles. The molecule has 0 aromatic heterocycles. The number of rotatable bonds is 7. The highest BCUT2D eigenvalue weighted by Crippen LogP contribution is 2.25. The lowest BCUT2D eigenvalue weighted by Crippen LogP contribution is -2.40. The fourth-order valence-electron chi connectivity index (χ4n) is 2.85. The van der Waals surface area contributed by atoms with Gasteiger partial charge in [-0.1, -0.05) is 24.3 Å². The van der Waals surface area contributed by atoms with Gasteiger partial charge in [0, 0.05) is 31.4 Å². The van der Waals surface area contributed by atoms with E-state index < -0.39 is 33.6 Å². The summed E-state index contributed by atoms with van der Waals surface area (Å²) in [5.74, 6) is -3.37. The van der Waals surface area contributed by atoms with E-state index in [1.807, 2.05) is 0 Å². The molecule has 0 saturated heterocycles. The minimum atomic E-state index is -4.01. The van der Waals surface area contributed by atoms with Crippen LogP contribution in [0.5, 0.6) is 0 Å². The van der Waals surface area contributed by atoms with E-state index in [0.717, 1.165) is 20.7 Å². The molecule has 0 bridgehead atoms. The van der Waals surface area contributed by atoms with Crippen LogP contribution < -0.4 is 9.62 Å². The Bertz CT molecular complexity index is 1230. The Kier molecular flexibility index (Phi) is 6.85. The molecule has 3 aromatic carbocycles. The van der Waals surface area contributed by atoms with E-state index in [1.54, 1.807) is 0 Å². The summed E-state index contributed by atoms with van der Waals surface area (Å²) in [6.07, 6.45) is 0. The molecule has 0 fully saturated rings. The highest BCUT2D eigenvalue weighted by atomic mass is 32.2. The van der Waals surface area contributed by atoms with E-state index >= 15 is 0 Å². The molecule has 0 aliphatic carbocycles. The lowest BCUT2D eigenvalue weighted by molar-refractivity contribution is 0.102. The second-order valence-electron chi connectivity index (χ2n) is 7.03. The molecule has 1 N–H and O–H groups in total. The predicted octanol–water partition coefficient (Wildman–Crippen LogP) is 4.17. The van der Waals surface area contributed by atoms with Crippen molar-refractivity contribution in [1.82, 2.24) is 4.31 Å². The Hall–Kier alpha value is -3.37. The van der Waals surface area contributed by atoms with Gasteiger partial charge in [-0.05, 0) is 42.0 Å². The standard InChI is InChI=1S/C22H20F3N3O3S/c1-27(2)32(30,31)28(21-6-4-3-5-19(21)24)14-15-7-9-16(10-8-15)22(29)26-17-11-12-18(23)20(25)13-17/h3-13H,14H2,1-2H3,(H,26,29). The third-order valence-electron chi connectivity index (χ3n) is 4.58. The van der Waals surface area contributed by atoms with Crippen LogP contribution in [-0.4, -0.2) is 32.7 Å². The second-order valence-corrected chi connectivity index (χ2v) is 9.09. The Morgan fingerprint density at radius 1 is 0.875 bits per heavy atom. The normalized spacial score (nSPS) is 11.4. The Morgan fingerprint density at radius 3 is 2.12 bits per heavy atom. The molecule has 3 aromatic rings. The van der Waals surface area contributed by atoms with Crippen molar-refractivity contribution in [3.05, 3.63) is 95.3 Å². The van der Waals surface area contributed by atoms with Crippen LogP contribution in [0.15, 0.2) is 66.7 Å². The summed E-state index contributed by atoms with van der Waals surface area (Å²) in [6, 6.07) is 14.5. The van der Waals surface area contributed by atoms with Crippen molar-refractivity contribution in [3.8, 4) is 0 Å². The van der Waals surface area contributed by atoms with Crippen LogP contribution in [0, 0.1) is 17.5 Å². The number of amides is 1. The smallest absolute Gasteiger partial charge is 0.303 e. The number of benzene rings is 3. The van der Waals surface area contributed by atoms with Gasteiger partial charge in [0.15, 0.2) is 11.6 Å². The molecule has 0 unspecified atom stereocenters. The maximum atomic E-state index is 14.3. The summed E-state index contributed by atoms with van der Waals surface area (Å²) in [7, 11) is -1.32. The van der Waals surface area contributed by atoms with Crippen LogP contribution in [-0.2, 0) is 16.8 Å². The van der Waals surface area contributed by atoms with Gasteiger partial charge in [0.2, 0.25) is 0 Å². The topological polar surface area (TPSA) is 69.7 Å². The zero-order valence-electron chi connectivity index (χ0n) is 17.2. The molecule has 1 amide bonds. The van der Waals surface area contributed by atoms with Crippen molar-refractivity contribution in [2.45, 2.75) is 6.54 Å². The number of hydrogen-bond donors (Lipinski definition) is 1. The second kappa shape index (κ2) is 9.41. The van der Waals surface area contributed by atoms with Gasteiger partial charge in [0.05, 0.1) is 12.2 Å². The van der Waals surface area contributed by atoms with Crippen molar-refractivity contribution in [1.29, 1.82) is 0 Å². The van der Waals surface area contributed by atoms with Crippen LogP contribution in [0.1, 0.15) is 15.9 Å². The largest absolute Gasteiger partial charge is 0.322 e. The summed E-state index contributed by atoms with van der Waals surface area (Å²) in [6.45, 7) is -0.174. The molecule has 168 valence electrons. The van der Waals surface area contributed by atoms with Crippen LogP contribution >= 0.6 is 0 Å². The number of para-hydroxylation sites is 1. The lowest BCUT2D eigenvalue weighted by atomic mass is 10.1. The first kappa shape index (κ1) is 23.3. The lowest BCUT2D eigenvalue weighted by Gasteiger charge is -2.27. The summed E-state index contributed by atoms with van der Waals surface area (Å²) >= 11 is 0. The first-order chi connectivity index (χ1) is 15.1. The number of hydrogen-bond acceptors (Lipinski definition) is 3. The number of carbonyl (C=O) groups is 1. The molecule has 10 heteroatoms. The fourth-order valence-corrected chi connectivity index (χ4v) is 3.95. The van der Waals surface area contributed by atoms with Crippen molar-refractivity contribution in [3.63, 3.8) is 0 Å². The highest BCUT2D eigenvalue weighted by molar-refractivity contribution is 7.90. The maximum absolute atomic E-state index is 14.3. The van der Waals surface area contributed by atoms with Gasteiger partial charge in [-0.15, -0.1) is 0 Å². The van der Waals surface area contributed by atoms with Crippen LogP contribution in [0.3, 0.4) is 0 Å². The number of nitrogens with one attached hydrogen (secondary N) is 1. The monoisotopic (exact) mass is 463 g/mol. The van der Waals surface area contributed by atoms with Gasteiger partial charge in [-0.2, -0.15) is 12.7 Å². The molecule has 0 saturated carbocycles. The molecule has 0 aliphatic rings. The summed E-state index contributed by atoms with van der Waals surface area (Å²) in [4.78, 5) is 12.4. The number of carbonyl (C=O) groups excluding carboxylic acids is 1. The molecule has 0 atom stereocenters. The summed E-state index contributed by atoms with van der Waals surface area (Å²) in [5, 5.41) is 2.45. The van der Waals surface area contributed by atoms with E-state index in [9.17, 15) is 26.4 Å². The molecule has 0 radical (unpaired) electrons. The Balaban J connectivity index is 1.82. The van der Waals surface area contributed by atoms with Crippen LogP contribution in [0.2, 0.25) is 0 Å². The number of nitrogens with zero attached hydrogens (tertiary/aromatic N) is 2. The van der Waals surface area contributed by atoms with Gasteiger partial charge in [0.25, 0.3) is 5.91 Å². The highest BCUT2D eigenvalue weighted by Gasteiger charge is 2.27. The number of anilines is 2. The average Bonchev–Trinajstić information content (AvgIpc) is 2.75. The third kappa shape index (κ3) is 5.09. The predicted molar refractivity (Wildman–Crippen MR) is 116 cm³/mol. The molecule has 32 heavy (non-hydrogen) atoms. The first-order valence-electron chi connectivity index (χ1n) is 9.39. The molecule has 3 rings (SSSR count). The van der Waals surface area contributed by atoms with Gasteiger partial charge in [-0.3, -0.25) is 9.10 Å². The van der Waals surface area contributed by atoms with Gasteiger partial charge in [0.1, 0.15) is 5.82 Å². The van der Waals surface area contributed by atoms with Gasteiger partial charge in [-0.25, -0.2) is 13.2 Å². The minimum absolute atomic E-state index is 0.0841. The number of halogens is 3. The van der Waals surface area contributed by atoms with Crippen molar-refractivity contribution in [2.75, 3.05) is 23.7 Å². The average molecular weight is 463 g/mol. The molecular formula is C22H20F3N3O3S. The van der Waals surface area contributed by atoms with E-state index in [1.165, 1.54) is 68.7 Å². The van der Waals surface area contributed by atoms with Crippen molar-refractivity contribution >= 4 is 27.5 Å². The Labute approximate surface area is 184 Å². The van der Waals surface area contributed by atoms with E-state index in [4.69, 9.17) is 0 Å². The summed E-state index contributed by atoms with van der Waals surface area (Å²) in [5.41, 5.74) is 0.691. The SMILES string of the molecule is CN(C)S(=O)(=O)N(Cc1ccc(C(=O)Nc2ccc(F)c(F)c2)cc1)c1ccccc1F. The van der Waals surface area contributed by atoms with Crippen LogP contribution in [0.4, 0.5) is 24.5 Å². The molecule has 0 spiro atoms. The van der Waals surface area contributed by atoms with Crippen molar-refractivity contribution in [2.24, 2.45) is 0 Å². The van der Waals surface area contributed by atoms with Crippen LogP contribution in [0.25, 0.3) is 0 Å². The zero-order chi connectivity index (χ0) is 23.5. The zero-order valence-corrected chi connectivity index (χ0v) is 18.0. The minimum Gasteiger partial charge on any atom is -0.322 e. The molecule has 6 nitrogen and oxygen atoms in total. The Morgan fingerprint density at radius 2 is 1.53 bits per heavy atom. The van der Waals surface area contributed by atoms with Gasteiger partial charge >= 0.3 is 10.2 Å². The molecular weight excluding hydrogens is 443 g/mol. The van der Waals surface area contributed by atoms with E-state index in [0.29, 0.717) is 5.56 Å². The van der Waals surface area contributed by atoms with Gasteiger partial charge < -0.3 is 5.32 Å². The van der Waals surface area contributed by atoms with E-state index in [2.05, 4.69) is 5.32 Å². The van der Waals surface area contributed by atoms with E-state index in [-0.39, 0.29) is 23.5 Å². The maximum Gasteiger partial charge on any atom is 0.303 e.